The molecule has 2 saturated heterocycles. The van der Waals surface area contributed by atoms with Crippen LogP contribution in [0.25, 0.3) is 0 Å². The van der Waals surface area contributed by atoms with Crippen LogP contribution in [-0.2, 0) is 4.79 Å². The third-order valence-corrected chi connectivity index (χ3v) is 4.35. The number of rotatable bonds is 1. The standard InChI is InChI=1S/C15H18N4O.ClH/c1-18-11-19(13-4-2-12(10-16)3-5-13)15(14(18)20)6-8-17-9-7-15;/h2-5,17H,6-9,11H2,1H3;1H. The van der Waals surface area contributed by atoms with Gasteiger partial charge in [-0.1, -0.05) is 0 Å². The summed E-state index contributed by atoms with van der Waals surface area (Å²) in [6.07, 6.45) is 1.66. The molecule has 2 fully saturated rings. The number of amides is 1. The van der Waals surface area contributed by atoms with E-state index >= 15 is 0 Å². The molecule has 1 aromatic carbocycles. The SMILES string of the molecule is CN1CN(c2ccc(C#N)cc2)C2(CCNCC2)C1=O.Cl. The van der Waals surface area contributed by atoms with Crippen LogP contribution >= 0.6 is 12.4 Å². The Morgan fingerprint density at radius 3 is 2.43 bits per heavy atom. The summed E-state index contributed by atoms with van der Waals surface area (Å²) in [6.45, 7) is 2.35. The van der Waals surface area contributed by atoms with Crippen LogP contribution in [0, 0.1) is 11.3 Å². The van der Waals surface area contributed by atoms with Crippen molar-refractivity contribution >= 4 is 24.0 Å². The Bertz CT molecular complexity index is 560. The zero-order chi connectivity index (χ0) is 14.2. The van der Waals surface area contributed by atoms with Crippen LogP contribution in [0.2, 0.25) is 0 Å². The van der Waals surface area contributed by atoms with Gasteiger partial charge in [0.05, 0.1) is 18.3 Å². The van der Waals surface area contributed by atoms with E-state index in [1.54, 1.807) is 4.90 Å². The Morgan fingerprint density at radius 2 is 1.86 bits per heavy atom. The van der Waals surface area contributed by atoms with Gasteiger partial charge in [-0.15, -0.1) is 12.4 Å². The van der Waals surface area contributed by atoms with E-state index in [4.69, 9.17) is 5.26 Å². The number of benzene rings is 1. The smallest absolute Gasteiger partial charge is 0.249 e. The fraction of sp³-hybridized carbons (Fsp3) is 0.467. The van der Waals surface area contributed by atoms with Crippen molar-refractivity contribution in [2.24, 2.45) is 0 Å². The van der Waals surface area contributed by atoms with Crippen LogP contribution in [0.5, 0.6) is 0 Å². The van der Waals surface area contributed by atoms with E-state index in [-0.39, 0.29) is 18.3 Å². The molecule has 0 radical (unpaired) electrons. The third-order valence-electron chi connectivity index (χ3n) is 4.35. The van der Waals surface area contributed by atoms with E-state index in [9.17, 15) is 4.79 Å². The summed E-state index contributed by atoms with van der Waals surface area (Å²) in [7, 11) is 1.86. The number of nitriles is 1. The lowest BCUT2D eigenvalue weighted by molar-refractivity contribution is -0.131. The van der Waals surface area contributed by atoms with Gasteiger partial charge in [-0.25, -0.2) is 0 Å². The zero-order valence-electron chi connectivity index (χ0n) is 12.0. The fourth-order valence-electron chi connectivity index (χ4n) is 3.25. The van der Waals surface area contributed by atoms with Crippen LogP contribution in [0.4, 0.5) is 5.69 Å². The quantitative estimate of drug-likeness (QED) is 0.850. The van der Waals surface area contributed by atoms with Crippen molar-refractivity contribution in [2.75, 3.05) is 31.7 Å². The molecule has 0 aromatic heterocycles. The van der Waals surface area contributed by atoms with Gasteiger partial charge in [0.2, 0.25) is 5.91 Å². The molecule has 5 nitrogen and oxygen atoms in total. The van der Waals surface area contributed by atoms with Crippen LogP contribution in [0.1, 0.15) is 18.4 Å². The highest BCUT2D eigenvalue weighted by Crippen LogP contribution is 2.37. The first kappa shape index (κ1) is 15.6. The molecule has 1 N–H and O–H groups in total. The maximum Gasteiger partial charge on any atom is 0.249 e. The maximum atomic E-state index is 12.6. The van der Waals surface area contributed by atoms with Gasteiger partial charge in [-0.2, -0.15) is 5.26 Å². The van der Waals surface area contributed by atoms with Crippen molar-refractivity contribution in [1.82, 2.24) is 10.2 Å². The van der Waals surface area contributed by atoms with Crippen molar-refractivity contribution in [3.63, 3.8) is 0 Å². The van der Waals surface area contributed by atoms with E-state index in [0.29, 0.717) is 12.2 Å². The number of nitrogens with zero attached hydrogens (tertiary/aromatic N) is 3. The number of piperidine rings is 1. The first-order valence-corrected chi connectivity index (χ1v) is 6.91. The van der Waals surface area contributed by atoms with E-state index in [1.165, 1.54) is 0 Å². The van der Waals surface area contributed by atoms with Crippen LogP contribution in [0.15, 0.2) is 24.3 Å². The van der Waals surface area contributed by atoms with Crippen molar-refractivity contribution in [3.8, 4) is 6.07 Å². The Morgan fingerprint density at radius 1 is 1.24 bits per heavy atom. The van der Waals surface area contributed by atoms with Gasteiger partial charge in [0.1, 0.15) is 5.54 Å². The van der Waals surface area contributed by atoms with Crippen LogP contribution in [-0.4, -0.2) is 43.2 Å². The normalized spacial score (nSPS) is 20.3. The first-order chi connectivity index (χ1) is 9.67. The number of nitrogens with one attached hydrogen (secondary N) is 1. The van der Waals surface area contributed by atoms with Crippen molar-refractivity contribution < 1.29 is 4.79 Å². The Hall–Kier alpha value is -1.77. The molecule has 2 aliphatic heterocycles. The molecule has 0 unspecified atom stereocenters. The molecule has 0 bridgehead atoms. The molecular weight excluding hydrogens is 288 g/mol. The predicted molar refractivity (Wildman–Crippen MR) is 83.4 cm³/mol. The summed E-state index contributed by atoms with van der Waals surface area (Å²) in [5, 5.41) is 12.2. The molecule has 0 atom stereocenters. The number of anilines is 1. The molecule has 1 aromatic rings. The van der Waals surface area contributed by atoms with Gasteiger partial charge < -0.3 is 15.1 Å². The number of hydrogen-bond donors (Lipinski definition) is 1. The van der Waals surface area contributed by atoms with Gasteiger partial charge in [0.25, 0.3) is 0 Å². The van der Waals surface area contributed by atoms with Gasteiger partial charge in [0.15, 0.2) is 0 Å². The number of carbonyl (C=O) groups excluding carboxylic acids is 1. The third kappa shape index (κ3) is 2.45. The predicted octanol–water partition coefficient (Wildman–Crippen LogP) is 1.34. The Balaban J connectivity index is 0.00000161. The molecule has 21 heavy (non-hydrogen) atoms. The summed E-state index contributed by atoms with van der Waals surface area (Å²) in [5.74, 6) is 0.211. The average molecular weight is 307 g/mol. The molecule has 3 rings (SSSR count). The highest BCUT2D eigenvalue weighted by molar-refractivity contribution is 5.93. The van der Waals surface area contributed by atoms with E-state index in [0.717, 1.165) is 31.6 Å². The minimum Gasteiger partial charge on any atom is -0.339 e. The topological polar surface area (TPSA) is 59.4 Å². The number of hydrogen-bond acceptors (Lipinski definition) is 4. The largest absolute Gasteiger partial charge is 0.339 e. The Labute approximate surface area is 130 Å². The van der Waals surface area contributed by atoms with Crippen molar-refractivity contribution in [2.45, 2.75) is 18.4 Å². The van der Waals surface area contributed by atoms with Crippen molar-refractivity contribution in [3.05, 3.63) is 29.8 Å². The molecule has 1 amide bonds. The average Bonchev–Trinajstić information content (AvgIpc) is 2.74. The first-order valence-electron chi connectivity index (χ1n) is 6.91. The molecule has 112 valence electrons. The second-order valence-corrected chi connectivity index (χ2v) is 5.51. The molecule has 6 heteroatoms. The lowest BCUT2D eigenvalue weighted by Gasteiger charge is -2.40. The van der Waals surface area contributed by atoms with Crippen molar-refractivity contribution in [1.29, 1.82) is 5.26 Å². The number of likely N-dealkylation sites (N-methyl/N-ethyl adjacent to an activating group) is 1. The lowest BCUT2D eigenvalue weighted by Crippen LogP contribution is -2.55. The van der Waals surface area contributed by atoms with Gasteiger partial charge in [0, 0.05) is 12.7 Å². The van der Waals surface area contributed by atoms with Gasteiger partial charge in [-0.3, -0.25) is 4.79 Å². The van der Waals surface area contributed by atoms with Crippen LogP contribution < -0.4 is 10.2 Å². The molecular formula is C15H19ClN4O. The molecule has 2 aliphatic rings. The van der Waals surface area contributed by atoms with E-state index in [1.807, 2.05) is 31.3 Å². The van der Waals surface area contributed by atoms with Crippen LogP contribution in [0.3, 0.4) is 0 Å². The maximum absolute atomic E-state index is 12.6. The Kier molecular flexibility index (Phi) is 4.40. The molecule has 0 saturated carbocycles. The fourth-order valence-corrected chi connectivity index (χ4v) is 3.25. The second kappa shape index (κ2) is 5.92. The summed E-state index contributed by atoms with van der Waals surface area (Å²) in [6, 6.07) is 9.63. The summed E-state index contributed by atoms with van der Waals surface area (Å²) in [4.78, 5) is 16.6. The second-order valence-electron chi connectivity index (χ2n) is 5.51. The number of halogens is 1. The van der Waals surface area contributed by atoms with Gasteiger partial charge >= 0.3 is 0 Å². The number of carbonyl (C=O) groups is 1. The molecule has 1 spiro atoms. The monoisotopic (exact) mass is 306 g/mol. The van der Waals surface area contributed by atoms with E-state index < -0.39 is 5.54 Å². The highest BCUT2D eigenvalue weighted by atomic mass is 35.5. The minimum absolute atomic E-state index is 0. The summed E-state index contributed by atoms with van der Waals surface area (Å²) < 4.78 is 0. The highest BCUT2D eigenvalue weighted by Gasteiger charge is 2.51. The summed E-state index contributed by atoms with van der Waals surface area (Å²) in [5.41, 5.74) is 1.25. The van der Waals surface area contributed by atoms with E-state index in [2.05, 4.69) is 16.3 Å². The zero-order valence-corrected chi connectivity index (χ0v) is 12.8. The minimum atomic E-state index is -0.409. The summed E-state index contributed by atoms with van der Waals surface area (Å²) >= 11 is 0. The molecule has 2 heterocycles. The van der Waals surface area contributed by atoms with Gasteiger partial charge in [-0.05, 0) is 50.2 Å². The lowest BCUT2D eigenvalue weighted by atomic mass is 9.86. The molecule has 0 aliphatic carbocycles.